The first-order valence-electron chi connectivity index (χ1n) is 4.32. The highest BCUT2D eigenvalue weighted by molar-refractivity contribution is 9.10. The van der Waals surface area contributed by atoms with Gasteiger partial charge in [-0.05, 0) is 40.9 Å². The van der Waals surface area contributed by atoms with Crippen molar-refractivity contribution in [2.45, 2.75) is 25.5 Å². The molecule has 13 heavy (non-hydrogen) atoms. The topological polar surface area (TPSA) is 48.1 Å². The predicted molar refractivity (Wildman–Crippen MR) is 53.5 cm³/mol. The van der Waals surface area contributed by atoms with Gasteiger partial charge in [0.15, 0.2) is 5.75 Å². The third kappa shape index (κ3) is 2.19. The molecule has 70 valence electrons. The van der Waals surface area contributed by atoms with Crippen molar-refractivity contribution in [3.63, 3.8) is 0 Å². The second kappa shape index (κ2) is 3.64. The van der Waals surface area contributed by atoms with Crippen LogP contribution in [0.15, 0.2) is 16.7 Å². The van der Waals surface area contributed by atoms with Gasteiger partial charge in [0, 0.05) is 6.54 Å². The Morgan fingerprint density at radius 2 is 2.31 bits per heavy atom. The lowest BCUT2D eigenvalue weighted by molar-refractivity contribution is 0.299. The number of rotatable bonds is 3. The van der Waals surface area contributed by atoms with E-state index < -0.39 is 0 Å². The third-order valence-corrected chi connectivity index (χ3v) is 2.47. The molecule has 0 unspecified atom stereocenters. The summed E-state index contributed by atoms with van der Waals surface area (Å²) in [5.41, 5.74) is 6.33. The summed E-state index contributed by atoms with van der Waals surface area (Å²) in [7, 11) is 0. The van der Waals surface area contributed by atoms with Crippen LogP contribution >= 0.6 is 15.9 Å². The summed E-state index contributed by atoms with van der Waals surface area (Å²) in [5, 5.41) is 0. The van der Waals surface area contributed by atoms with E-state index in [9.17, 15) is 0 Å². The van der Waals surface area contributed by atoms with Gasteiger partial charge in [-0.3, -0.25) is 0 Å². The van der Waals surface area contributed by atoms with E-state index in [0.29, 0.717) is 12.6 Å². The monoisotopic (exact) mass is 242 g/mol. The molecular weight excluding hydrogens is 232 g/mol. The Balaban J connectivity index is 2.15. The molecule has 0 radical (unpaired) electrons. The van der Waals surface area contributed by atoms with E-state index in [-0.39, 0.29) is 0 Å². The van der Waals surface area contributed by atoms with Crippen LogP contribution < -0.4 is 10.5 Å². The fourth-order valence-corrected chi connectivity index (χ4v) is 1.48. The Morgan fingerprint density at radius 1 is 1.54 bits per heavy atom. The van der Waals surface area contributed by atoms with Gasteiger partial charge in [-0.15, -0.1) is 0 Å². The fraction of sp³-hybridized carbons (Fsp3) is 0.444. The van der Waals surface area contributed by atoms with Crippen LogP contribution in [0, 0.1) is 0 Å². The van der Waals surface area contributed by atoms with Gasteiger partial charge >= 0.3 is 0 Å². The molecule has 0 spiro atoms. The number of ether oxygens (including phenoxy) is 1. The summed E-state index contributed by atoms with van der Waals surface area (Å²) in [4.78, 5) is 4.24. The van der Waals surface area contributed by atoms with Crippen molar-refractivity contribution in [1.29, 1.82) is 0 Å². The number of aromatic nitrogens is 1. The van der Waals surface area contributed by atoms with Crippen molar-refractivity contribution in [3.8, 4) is 5.75 Å². The van der Waals surface area contributed by atoms with Crippen molar-refractivity contribution in [1.82, 2.24) is 4.98 Å². The molecular formula is C9H11BrN2O. The van der Waals surface area contributed by atoms with E-state index in [1.807, 2.05) is 12.1 Å². The van der Waals surface area contributed by atoms with Gasteiger partial charge in [-0.2, -0.15) is 0 Å². The van der Waals surface area contributed by atoms with E-state index in [1.165, 1.54) is 0 Å². The minimum Gasteiger partial charge on any atom is -0.488 e. The van der Waals surface area contributed by atoms with Crippen molar-refractivity contribution >= 4 is 15.9 Å². The number of nitrogens with zero attached hydrogens (tertiary/aromatic N) is 1. The summed E-state index contributed by atoms with van der Waals surface area (Å²) in [5.74, 6) is 0.819. The number of hydrogen-bond acceptors (Lipinski definition) is 3. The fourth-order valence-electron chi connectivity index (χ4n) is 1.03. The molecule has 2 N–H and O–H groups in total. The van der Waals surface area contributed by atoms with Crippen LogP contribution in [-0.2, 0) is 6.54 Å². The number of pyridine rings is 1. The van der Waals surface area contributed by atoms with Crippen LogP contribution in [0.5, 0.6) is 5.75 Å². The minimum atomic E-state index is 0.404. The van der Waals surface area contributed by atoms with E-state index in [0.717, 1.165) is 28.9 Å². The predicted octanol–water partition coefficient (Wildman–Crippen LogP) is 1.84. The molecule has 1 heterocycles. The molecule has 0 amide bonds. The maximum atomic E-state index is 5.61. The minimum absolute atomic E-state index is 0.404. The lowest BCUT2D eigenvalue weighted by Gasteiger charge is -2.06. The molecule has 1 aromatic heterocycles. The highest BCUT2D eigenvalue weighted by atomic mass is 79.9. The van der Waals surface area contributed by atoms with E-state index >= 15 is 0 Å². The van der Waals surface area contributed by atoms with Gasteiger partial charge in [0.05, 0.1) is 11.8 Å². The van der Waals surface area contributed by atoms with Crippen LogP contribution in [0.2, 0.25) is 0 Å². The van der Waals surface area contributed by atoms with Gasteiger partial charge < -0.3 is 10.5 Å². The van der Waals surface area contributed by atoms with Gasteiger partial charge in [-0.1, -0.05) is 0 Å². The average Bonchev–Trinajstić information content (AvgIpc) is 2.92. The van der Waals surface area contributed by atoms with Crippen molar-refractivity contribution in [3.05, 3.63) is 22.4 Å². The van der Waals surface area contributed by atoms with Gasteiger partial charge in [-0.25, -0.2) is 4.98 Å². The van der Waals surface area contributed by atoms with Crippen LogP contribution in [0.25, 0.3) is 0 Å². The van der Waals surface area contributed by atoms with E-state index in [1.54, 1.807) is 0 Å². The molecule has 1 aromatic rings. The van der Waals surface area contributed by atoms with Gasteiger partial charge in [0.1, 0.15) is 4.60 Å². The SMILES string of the molecule is NCc1ccc(OC2CC2)c(Br)n1. The van der Waals surface area contributed by atoms with Crippen LogP contribution in [0.4, 0.5) is 0 Å². The first-order valence-corrected chi connectivity index (χ1v) is 5.11. The second-order valence-electron chi connectivity index (χ2n) is 3.11. The highest BCUT2D eigenvalue weighted by Crippen LogP contribution is 2.30. The summed E-state index contributed by atoms with van der Waals surface area (Å²) >= 11 is 3.35. The molecule has 0 bridgehead atoms. The molecule has 2 rings (SSSR count). The van der Waals surface area contributed by atoms with Crippen LogP contribution in [0.3, 0.4) is 0 Å². The Morgan fingerprint density at radius 3 is 2.85 bits per heavy atom. The normalized spacial score (nSPS) is 15.8. The van der Waals surface area contributed by atoms with Gasteiger partial charge in [0.25, 0.3) is 0 Å². The zero-order chi connectivity index (χ0) is 9.26. The Kier molecular flexibility index (Phi) is 2.51. The quantitative estimate of drug-likeness (QED) is 0.824. The molecule has 1 aliphatic rings. The number of nitrogens with two attached hydrogens (primary N) is 1. The number of hydrogen-bond donors (Lipinski definition) is 1. The van der Waals surface area contributed by atoms with Crippen molar-refractivity contribution in [2.75, 3.05) is 0 Å². The number of halogens is 1. The Bertz CT molecular complexity index is 312. The molecule has 1 saturated carbocycles. The van der Waals surface area contributed by atoms with Crippen molar-refractivity contribution in [2.24, 2.45) is 5.73 Å². The molecule has 1 aliphatic carbocycles. The highest BCUT2D eigenvalue weighted by Gasteiger charge is 2.24. The molecule has 0 saturated heterocycles. The molecule has 4 heteroatoms. The molecule has 0 atom stereocenters. The van der Waals surface area contributed by atoms with Crippen LogP contribution in [0.1, 0.15) is 18.5 Å². The maximum Gasteiger partial charge on any atom is 0.152 e. The first-order chi connectivity index (χ1) is 6.29. The molecule has 3 nitrogen and oxygen atoms in total. The second-order valence-corrected chi connectivity index (χ2v) is 3.86. The Labute approximate surface area is 85.4 Å². The summed E-state index contributed by atoms with van der Waals surface area (Å²) < 4.78 is 6.36. The zero-order valence-corrected chi connectivity index (χ0v) is 8.75. The molecule has 0 aromatic carbocycles. The zero-order valence-electron chi connectivity index (χ0n) is 7.16. The lowest BCUT2D eigenvalue weighted by atomic mass is 10.3. The third-order valence-electron chi connectivity index (χ3n) is 1.90. The largest absolute Gasteiger partial charge is 0.488 e. The molecule has 1 fully saturated rings. The Hall–Kier alpha value is -0.610. The summed E-state index contributed by atoms with van der Waals surface area (Å²) in [6.07, 6.45) is 2.72. The van der Waals surface area contributed by atoms with E-state index in [4.69, 9.17) is 10.5 Å². The lowest BCUT2D eigenvalue weighted by Crippen LogP contribution is -2.02. The standard InChI is InChI=1S/C9H11BrN2O/c10-9-8(13-7-2-3-7)4-1-6(5-11)12-9/h1,4,7H,2-3,5,11H2. The summed E-state index contributed by atoms with van der Waals surface area (Å²) in [6, 6.07) is 3.81. The maximum absolute atomic E-state index is 5.61. The van der Waals surface area contributed by atoms with Gasteiger partial charge in [0.2, 0.25) is 0 Å². The van der Waals surface area contributed by atoms with E-state index in [2.05, 4.69) is 20.9 Å². The van der Waals surface area contributed by atoms with Crippen LogP contribution in [-0.4, -0.2) is 11.1 Å². The molecule has 0 aliphatic heterocycles. The van der Waals surface area contributed by atoms with Crippen molar-refractivity contribution < 1.29 is 4.74 Å². The smallest absolute Gasteiger partial charge is 0.152 e. The first kappa shape index (κ1) is 8.97. The average molecular weight is 243 g/mol. The summed E-state index contributed by atoms with van der Waals surface area (Å²) in [6.45, 7) is 0.461.